The Morgan fingerprint density at radius 2 is 1.74 bits per heavy atom. The standard InChI is InChI=1S/C23H27N3O/c1-26-21(27)23(25-22(26)24,19-12-6-3-7-13-19)20-14-8-11-18(16-20)15-17-9-4-2-5-10-17/h2,4-5,8-11,14,16,19H,3,6-7,12-13,15H2,1H3,(H2,24,25). The molecule has 1 unspecified atom stereocenters. The molecule has 4 nitrogen and oxygen atoms in total. The van der Waals surface area contributed by atoms with Crippen molar-refractivity contribution in [1.29, 1.82) is 5.41 Å². The highest BCUT2D eigenvalue weighted by molar-refractivity contribution is 6.08. The summed E-state index contributed by atoms with van der Waals surface area (Å²) >= 11 is 0. The van der Waals surface area contributed by atoms with Gasteiger partial charge in [-0.2, -0.15) is 0 Å². The highest BCUT2D eigenvalue weighted by Gasteiger charge is 2.54. The van der Waals surface area contributed by atoms with E-state index >= 15 is 0 Å². The summed E-state index contributed by atoms with van der Waals surface area (Å²) in [7, 11) is 1.70. The maximum absolute atomic E-state index is 13.3. The average Bonchev–Trinajstić information content (AvgIpc) is 2.95. The molecule has 2 aliphatic rings. The number of guanidine groups is 1. The molecule has 1 aliphatic carbocycles. The van der Waals surface area contributed by atoms with Gasteiger partial charge in [-0.3, -0.25) is 15.1 Å². The summed E-state index contributed by atoms with van der Waals surface area (Å²) in [4.78, 5) is 14.8. The van der Waals surface area contributed by atoms with Crippen LogP contribution in [0.25, 0.3) is 0 Å². The molecule has 2 aromatic carbocycles. The maximum atomic E-state index is 13.3. The van der Waals surface area contributed by atoms with Crippen molar-refractivity contribution < 1.29 is 4.79 Å². The van der Waals surface area contributed by atoms with Gasteiger partial charge >= 0.3 is 0 Å². The van der Waals surface area contributed by atoms with E-state index in [0.29, 0.717) is 0 Å². The van der Waals surface area contributed by atoms with Crippen molar-refractivity contribution in [3.05, 3.63) is 71.3 Å². The first kappa shape index (κ1) is 17.8. The molecule has 140 valence electrons. The zero-order chi connectivity index (χ0) is 18.9. The molecule has 1 aliphatic heterocycles. The van der Waals surface area contributed by atoms with Gasteiger partial charge in [0.05, 0.1) is 0 Å². The fraction of sp³-hybridized carbons (Fsp3) is 0.391. The molecular formula is C23H27N3O. The SMILES string of the molecule is CN1C(=N)NC(c2cccc(Cc3ccccc3)c2)(C2CCCCC2)C1=O. The summed E-state index contributed by atoms with van der Waals surface area (Å²) in [5.41, 5.74) is 2.67. The molecule has 1 saturated heterocycles. The van der Waals surface area contributed by atoms with Gasteiger partial charge < -0.3 is 5.32 Å². The largest absolute Gasteiger partial charge is 0.338 e. The summed E-state index contributed by atoms with van der Waals surface area (Å²) in [6, 6.07) is 18.8. The van der Waals surface area contributed by atoms with Gasteiger partial charge in [0.15, 0.2) is 5.96 Å². The first-order valence-corrected chi connectivity index (χ1v) is 9.89. The lowest BCUT2D eigenvalue weighted by Crippen LogP contribution is -2.51. The Kier molecular flexibility index (Phi) is 4.73. The predicted octanol–water partition coefficient (Wildman–Crippen LogP) is 4.05. The third kappa shape index (κ3) is 3.14. The zero-order valence-corrected chi connectivity index (χ0v) is 15.9. The number of amides is 1. The van der Waals surface area contributed by atoms with Gasteiger partial charge in [0.25, 0.3) is 5.91 Å². The first-order chi connectivity index (χ1) is 13.1. The molecule has 1 atom stereocenters. The van der Waals surface area contributed by atoms with Crippen LogP contribution in [0, 0.1) is 11.3 Å². The highest BCUT2D eigenvalue weighted by Crippen LogP contribution is 2.43. The number of hydrogen-bond acceptors (Lipinski definition) is 2. The molecule has 2 aromatic rings. The van der Waals surface area contributed by atoms with Crippen LogP contribution in [0.2, 0.25) is 0 Å². The minimum absolute atomic E-state index is 0.0104. The molecule has 1 amide bonds. The van der Waals surface area contributed by atoms with Crippen molar-refractivity contribution in [2.24, 2.45) is 5.92 Å². The quantitative estimate of drug-likeness (QED) is 0.863. The summed E-state index contributed by atoms with van der Waals surface area (Å²) in [5.74, 6) is 0.450. The van der Waals surface area contributed by atoms with Crippen LogP contribution in [0.3, 0.4) is 0 Å². The fourth-order valence-electron chi connectivity index (χ4n) is 4.69. The van der Waals surface area contributed by atoms with E-state index in [0.717, 1.165) is 37.7 Å². The minimum atomic E-state index is -0.793. The molecule has 4 rings (SSSR count). The molecule has 1 saturated carbocycles. The van der Waals surface area contributed by atoms with Gasteiger partial charge in [-0.05, 0) is 41.9 Å². The molecule has 2 fully saturated rings. The number of hydrogen-bond donors (Lipinski definition) is 2. The van der Waals surface area contributed by atoms with Crippen molar-refractivity contribution in [2.75, 3.05) is 7.05 Å². The number of rotatable bonds is 4. The smallest absolute Gasteiger partial charge is 0.259 e. The average molecular weight is 361 g/mol. The minimum Gasteiger partial charge on any atom is -0.338 e. The topological polar surface area (TPSA) is 56.2 Å². The molecule has 0 radical (unpaired) electrons. The third-order valence-electron chi connectivity index (χ3n) is 6.14. The van der Waals surface area contributed by atoms with Gasteiger partial charge in [-0.1, -0.05) is 73.9 Å². The fourth-order valence-corrected chi connectivity index (χ4v) is 4.69. The van der Waals surface area contributed by atoms with Crippen molar-refractivity contribution in [2.45, 2.75) is 44.1 Å². The maximum Gasteiger partial charge on any atom is 0.259 e. The van der Waals surface area contributed by atoms with E-state index in [1.807, 2.05) is 6.07 Å². The van der Waals surface area contributed by atoms with Crippen LogP contribution in [0.15, 0.2) is 54.6 Å². The number of nitrogens with zero attached hydrogens (tertiary/aromatic N) is 1. The summed E-state index contributed by atoms with van der Waals surface area (Å²) < 4.78 is 0. The van der Waals surface area contributed by atoms with Crippen LogP contribution in [-0.2, 0) is 16.8 Å². The molecule has 27 heavy (non-hydrogen) atoms. The molecule has 1 heterocycles. The van der Waals surface area contributed by atoms with Crippen LogP contribution in [0.5, 0.6) is 0 Å². The Morgan fingerprint density at radius 3 is 2.41 bits per heavy atom. The number of nitrogens with one attached hydrogen (secondary N) is 2. The van der Waals surface area contributed by atoms with E-state index in [-0.39, 0.29) is 17.8 Å². The van der Waals surface area contributed by atoms with Crippen molar-refractivity contribution >= 4 is 11.9 Å². The normalized spacial score (nSPS) is 23.5. The second-order valence-electron chi connectivity index (χ2n) is 7.84. The number of benzene rings is 2. The lowest BCUT2D eigenvalue weighted by molar-refractivity contribution is -0.133. The Morgan fingerprint density at radius 1 is 1.04 bits per heavy atom. The molecule has 0 aromatic heterocycles. The lowest BCUT2D eigenvalue weighted by atomic mass is 9.70. The van der Waals surface area contributed by atoms with Gasteiger partial charge in [-0.25, -0.2) is 0 Å². The van der Waals surface area contributed by atoms with Crippen LogP contribution >= 0.6 is 0 Å². The van der Waals surface area contributed by atoms with E-state index in [4.69, 9.17) is 5.41 Å². The van der Waals surface area contributed by atoms with Crippen LogP contribution in [0.1, 0.15) is 48.8 Å². The van der Waals surface area contributed by atoms with Crippen LogP contribution < -0.4 is 5.32 Å². The van der Waals surface area contributed by atoms with Crippen molar-refractivity contribution in [3.8, 4) is 0 Å². The van der Waals surface area contributed by atoms with Gasteiger partial charge in [0.2, 0.25) is 0 Å². The number of carbonyl (C=O) groups excluding carboxylic acids is 1. The van der Waals surface area contributed by atoms with E-state index in [2.05, 4.69) is 53.8 Å². The van der Waals surface area contributed by atoms with E-state index in [1.54, 1.807) is 7.05 Å². The second kappa shape index (κ2) is 7.18. The van der Waals surface area contributed by atoms with E-state index in [1.165, 1.54) is 22.4 Å². The van der Waals surface area contributed by atoms with Crippen molar-refractivity contribution in [3.63, 3.8) is 0 Å². The van der Waals surface area contributed by atoms with Crippen LogP contribution in [0.4, 0.5) is 0 Å². The summed E-state index contributed by atoms with van der Waals surface area (Å²) in [6.07, 6.45) is 6.45. The summed E-state index contributed by atoms with van der Waals surface area (Å²) in [6.45, 7) is 0. The van der Waals surface area contributed by atoms with Gasteiger partial charge in [-0.15, -0.1) is 0 Å². The molecular weight excluding hydrogens is 334 g/mol. The monoisotopic (exact) mass is 361 g/mol. The number of likely N-dealkylation sites (N-methyl/N-ethyl adjacent to an activating group) is 1. The van der Waals surface area contributed by atoms with Gasteiger partial charge in [0, 0.05) is 7.05 Å². The van der Waals surface area contributed by atoms with E-state index < -0.39 is 5.54 Å². The predicted molar refractivity (Wildman–Crippen MR) is 108 cm³/mol. The zero-order valence-electron chi connectivity index (χ0n) is 15.9. The molecule has 4 heteroatoms. The highest BCUT2D eigenvalue weighted by atomic mass is 16.2. The molecule has 2 N–H and O–H groups in total. The van der Waals surface area contributed by atoms with Crippen molar-refractivity contribution in [1.82, 2.24) is 10.2 Å². The second-order valence-corrected chi connectivity index (χ2v) is 7.84. The Labute approximate surface area is 161 Å². The Hall–Kier alpha value is -2.62. The number of carbonyl (C=O) groups is 1. The lowest BCUT2D eigenvalue weighted by Gasteiger charge is -2.38. The van der Waals surface area contributed by atoms with Crippen LogP contribution in [-0.4, -0.2) is 23.8 Å². The molecule has 0 bridgehead atoms. The van der Waals surface area contributed by atoms with Gasteiger partial charge in [0.1, 0.15) is 5.54 Å². The Bertz CT molecular complexity index is 842. The summed E-state index contributed by atoms with van der Waals surface area (Å²) in [5, 5.41) is 11.5. The third-order valence-corrected chi connectivity index (χ3v) is 6.14. The first-order valence-electron chi connectivity index (χ1n) is 9.89. The Balaban J connectivity index is 1.73. The molecule has 0 spiro atoms. The van der Waals surface area contributed by atoms with E-state index in [9.17, 15) is 4.79 Å².